The fourth-order valence-corrected chi connectivity index (χ4v) is 6.23. The van der Waals surface area contributed by atoms with Crippen LogP contribution in [0.4, 0.5) is 0 Å². The lowest BCUT2D eigenvalue weighted by Gasteiger charge is -2.12. The van der Waals surface area contributed by atoms with Crippen molar-refractivity contribution in [3.8, 4) is 67.9 Å². The fraction of sp³-hybridized carbons (Fsp3) is 0. The average Bonchev–Trinajstić information content (AvgIpc) is 3.21. The molecule has 0 saturated carbocycles. The van der Waals surface area contributed by atoms with Gasteiger partial charge in [-0.3, -0.25) is 4.98 Å². The van der Waals surface area contributed by atoms with Gasteiger partial charge in [-0.2, -0.15) is 0 Å². The first kappa shape index (κ1) is 29.2. The van der Waals surface area contributed by atoms with Gasteiger partial charge in [0.15, 0.2) is 17.5 Å². The van der Waals surface area contributed by atoms with Crippen molar-refractivity contribution in [3.05, 3.63) is 170 Å². The maximum atomic E-state index is 5.20. The van der Waals surface area contributed by atoms with Crippen LogP contribution in [-0.4, -0.2) is 29.9 Å². The molecule has 9 aromatic rings. The third kappa shape index (κ3) is 5.65. The molecular weight excluding hydrogens is 613 g/mol. The summed E-state index contributed by atoms with van der Waals surface area (Å²) >= 11 is 0. The van der Waals surface area contributed by atoms with E-state index >= 15 is 0 Å². The summed E-state index contributed by atoms with van der Waals surface area (Å²) in [4.78, 5) is 29.5. The van der Waals surface area contributed by atoms with Crippen molar-refractivity contribution >= 4 is 21.8 Å². The van der Waals surface area contributed by atoms with Crippen molar-refractivity contribution in [3.63, 3.8) is 0 Å². The Morgan fingerprint density at radius 3 is 1.40 bits per heavy atom. The lowest BCUT2D eigenvalue weighted by atomic mass is 10.00. The van der Waals surface area contributed by atoms with E-state index in [1.54, 1.807) is 6.20 Å². The van der Waals surface area contributed by atoms with Crippen molar-refractivity contribution in [1.82, 2.24) is 29.9 Å². The van der Waals surface area contributed by atoms with Crippen LogP contribution >= 0.6 is 0 Å². The molecular formula is C44H28N6. The normalized spacial score (nSPS) is 11.2. The molecule has 0 aliphatic carbocycles. The Hall–Kier alpha value is -6.92. The summed E-state index contributed by atoms with van der Waals surface area (Å²) in [6.07, 6.45) is 1.79. The highest BCUT2D eigenvalue weighted by molar-refractivity contribution is 5.91. The van der Waals surface area contributed by atoms with Crippen LogP contribution < -0.4 is 0 Å². The second kappa shape index (κ2) is 12.6. The molecule has 234 valence electrons. The molecule has 0 atom stereocenters. The zero-order chi connectivity index (χ0) is 33.3. The summed E-state index contributed by atoms with van der Waals surface area (Å²) in [5, 5.41) is 2.14. The van der Waals surface area contributed by atoms with Crippen LogP contribution in [0.15, 0.2) is 170 Å². The Bertz CT molecular complexity index is 2580. The maximum absolute atomic E-state index is 5.20. The molecule has 9 rings (SSSR count). The van der Waals surface area contributed by atoms with Crippen LogP contribution in [0.5, 0.6) is 0 Å². The van der Waals surface area contributed by atoms with E-state index in [9.17, 15) is 0 Å². The number of pyridine rings is 3. The molecule has 6 nitrogen and oxygen atoms in total. The summed E-state index contributed by atoms with van der Waals surface area (Å²) in [6, 6.07) is 55.2. The van der Waals surface area contributed by atoms with Crippen molar-refractivity contribution in [2.75, 3.05) is 0 Å². The molecule has 0 amide bonds. The minimum Gasteiger partial charge on any atom is -0.255 e. The van der Waals surface area contributed by atoms with Gasteiger partial charge in [0.1, 0.15) is 0 Å². The van der Waals surface area contributed by atoms with Gasteiger partial charge in [0.05, 0.1) is 28.1 Å². The molecule has 0 spiro atoms. The first-order valence-electron chi connectivity index (χ1n) is 16.5. The molecule has 0 N–H and O–H groups in total. The number of nitrogens with zero attached hydrogens (tertiary/aromatic N) is 6. The molecule has 5 aromatic carbocycles. The van der Waals surface area contributed by atoms with Gasteiger partial charge in [-0.25, -0.2) is 24.9 Å². The second-order valence-corrected chi connectivity index (χ2v) is 12.0. The second-order valence-electron chi connectivity index (χ2n) is 12.0. The molecule has 0 bridgehead atoms. The maximum Gasteiger partial charge on any atom is 0.164 e. The van der Waals surface area contributed by atoms with Crippen molar-refractivity contribution < 1.29 is 0 Å². The van der Waals surface area contributed by atoms with Gasteiger partial charge in [-0.15, -0.1) is 0 Å². The Labute approximate surface area is 288 Å². The van der Waals surface area contributed by atoms with Gasteiger partial charge in [-0.1, -0.05) is 127 Å². The van der Waals surface area contributed by atoms with Crippen LogP contribution in [0, 0.1) is 0 Å². The van der Waals surface area contributed by atoms with Gasteiger partial charge in [0, 0.05) is 39.2 Å². The van der Waals surface area contributed by atoms with Crippen LogP contribution in [0.2, 0.25) is 0 Å². The molecule has 6 heteroatoms. The van der Waals surface area contributed by atoms with Gasteiger partial charge in [0.25, 0.3) is 0 Å². The molecule has 0 aliphatic rings. The average molecular weight is 641 g/mol. The smallest absolute Gasteiger partial charge is 0.164 e. The summed E-state index contributed by atoms with van der Waals surface area (Å²) in [5.41, 5.74) is 10.2. The van der Waals surface area contributed by atoms with Crippen molar-refractivity contribution in [2.24, 2.45) is 0 Å². The zero-order valence-corrected chi connectivity index (χ0v) is 26.8. The van der Waals surface area contributed by atoms with Crippen LogP contribution in [0.3, 0.4) is 0 Å². The van der Waals surface area contributed by atoms with Gasteiger partial charge in [-0.05, 0) is 47.5 Å². The SMILES string of the molecule is c1ccc(-c2nc(-c3ccccc3)nc(-c3ccccc3-c3ccc4ccc(-c5ccc6ccc(-c7ccccn7)nc6c5)cc4n3)n2)cc1. The third-order valence-electron chi connectivity index (χ3n) is 8.79. The molecule has 0 radical (unpaired) electrons. The molecule has 0 saturated heterocycles. The van der Waals surface area contributed by atoms with E-state index in [0.29, 0.717) is 17.5 Å². The predicted molar refractivity (Wildman–Crippen MR) is 201 cm³/mol. The number of hydrogen-bond donors (Lipinski definition) is 0. The van der Waals surface area contributed by atoms with E-state index in [0.717, 1.165) is 72.3 Å². The summed E-state index contributed by atoms with van der Waals surface area (Å²) in [7, 11) is 0. The van der Waals surface area contributed by atoms with Crippen LogP contribution in [0.1, 0.15) is 0 Å². The quantitative estimate of drug-likeness (QED) is 0.180. The Morgan fingerprint density at radius 1 is 0.300 bits per heavy atom. The highest BCUT2D eigenvalue weighted by Crippen LogP contribution is 2.34. The summed E-state index contributed by atoms with van der Waals surface area (Å²) in [5.74, 6) is 1.84. The largest absolute Gasteiger partial charge is 0.255 e. The summed E-state index contributed by atoms with van der Waals surface area (Å²) < 4.78 is 0. The van der Waals surface area contributed by atoms with Crippen LogP contribution in [-0.2, 0) is 0 Å². The zero-order valence-electron chi connectivity index (χ0n) is 26.8. The first-order valence-corrected chi connectivity index (χ1v) is 16.5. The van der Waals surface area contributed by atoms with E-state index in [1.807, 2.05) is 97.1 Å². The number of benzene rings is 5. The molecule has 0 fully saturated rings. The van der Waals surface area contributed by atoms with Crippen molar-refractivity contribution in [2.45, 2.75) is 0 Å². The molecule has 0 unspecified atom stereocenters. The number of hydrogen-bond acceptors (Lipinski definition) is 6. The Balaban J connectivity index is 1.13. The number of fused-ring (bicyclic) bond motifs is 2. The van der Waals surface area contributed by atoms with Crippen LogP contribution in [0.25, 0.3) is 89.7 Å². The van der Waals surface area contributed by atoms with Gasteiger partial charge in [0.2, 0.25) is 0 Å². The Morgan fingerprint density at radius 2 is 0.800 bits per heavy atom. The molecule has 0 aliphatic heterocycles. The van der Waals surface area contributed by atoms with Crippen molar-refractivity contribution in [1.29, 1.82) is 0 Å². The minimum atomic E-state index is 0.595. The van der Waals surface area contributed by atoms with Gasteiger partial charge < -0.3 is 0 Å². The van der Waals surface area contributed by atoms with E-state index in [1.165, 1.54) is 0 Å². The van der Waals surface area contributed by atoms with E-state index in [4.69, 9.17) is 24.9 Å². The fourth-order valence-electron chi connectivity index (χ4n) is 6.23. The highest BCUT2D eigenvalue weighted by Gasteiger charge is 2.16. The molecule has 4 aromatic heterocycles. The van der Waals surface area contributed by atoms with E-state index < -0.39 is 0 Å². The molecule has 50 heavy (non-hydrogen) atoms. The first-order chi connectivity index (χ1) is 24.7. The molecule has 4 heterocycles. The van der Waals surface area contributed by atoms with E-state index in [-0.39, 0.29) is 0 Å². The standard InChI is InChI=1S/C44H28N6/c1-3-11-31(12-4-1)42-48-43(32-13-5-2-6-14-32)50-44(49-42)36-16-8-7-15-35(36)37-24-22-29-18-20-33(27-40(29)46-37)34-21-19-30-23-25-39(47-41(30)28-34)38-17-9-10-26-45-38/h1-28H. The van der Waals surface area contributed by atoms with Gasteiger partial charge >= 0.3 is 0 Å². The third-order valence-corrected chi connectivity index (χ3v) is 8.79. The predicted octanol–water partition coefficient (Wildman–Crippen LogP) is 10.4. The highest BCUT2D eigenvalue weighted by atomic mass is 15.0. The Kier molecular flexibility index (Phi) is 7.37. The monoisotopic (exact) mass is 640 g/mol. The summed E-state index contributed by atoms with van der Waals surface area (Å²) in [6.45, 7) is 0. The lowest BCUT2D eigenvalue weighted by molar-refractivity contribution is 1.07. The lowest BCUT2D eigenvalue weighted by Crippen LogP contribution is -2.01. The number of aromatic nitrogens is 6. The van der Waals surface area contributed by atoms with E-state index in [2.05, 4.69) is 71.7 Å². The topological polar surface area (TPSA) is 77.3 Å². The number of rotatable bonds is 6. The minimum absolute atomic E-state index is 0.595.